The number of aldehydes is 1. The number of hydrogen-bond donors (Lipinski definition) is 0. The van der Waals surface area contributed by atoms with E-state index in [-0.39, 0.29) is 0 Å². The minimum Gasteiger partial charge on any atom is -0.496 e. The highest BCUT2D eigenvalue weighted by atomic mass is 16.5. The van der Waals surface area contributed by atoms with Crippen LogP contribution in [0.2, 0.25) is 0 Å². The molecule has 3 heteroatoms. The Labute approximate surface area is 106 Å². The van der Waals surface area contributed by atoms with Crippen LogP contribution >= 0.6 is 0 Å². The van der Waals surface area contributed by atoms with Crippen LogP contribution in [0.5, 0.6) is 11.5 Å². The van der Waals surface area contributed by atoms with E-state index in [9.17, 15) is 4.79 Å². The zero-order valence-electron chi connectivity index (χ0n) is 10.3. The number of carbonyl (C=O) groups is 1. The molecule has 0 amide bonds. The minimum atomic E-state index is 0.511. The molecule has 0 saturated heterocycles. The summed E-state index contributed by atoms with van der Waals surface area (Å²) in [5.41, 5.74) is 2.39. The van der Waals surface area contributed by atoms with Crippen molar-refractivity contribution < 1.29 is 14.3 Å². The van der Waals surface area contributed by atoms with Crippen LogP contribution in [0.1, 0.15) is 10.4 Å². The van der Waals surface area contributed by atoms with Gasteiger partial charge in [0.25, 0.3) is 0 Å². The van der Waals surface area contributed by atoms with Crippen molar-refractivity contribution in [1.29, 1.82) is 0 Å². The first-order valence-corrected chi connectivity index (χ1v) is 5.56. The second-order valence-electron chi connectivity index (χ2n) is 3.78. The SMILES string of the molecule is COc1cc(OC)c(-c2ccccc2)cc1C=O. The fraction of sp³-hybridized carbons (Fsp3) is 0.133. The fourth-order valence-corrected chi connectivity index (χ4v) is 1.86. The highest BCUT2D eigenvalue weighted by Crippen LogP contribution is 2.35. The quantitative estimate of drug-likeness (QED) is 0.772. The molecule has 0 fully saturated rings. The molecule has 0 aromatic heterocycles. The third-order valence-corrected chi connectivity index (χ3v) is 2.76. The first-order chi connectivity index (χ1) is 8.80. The lowest BCUT2D eigenvalue weighted by Gasteiger charge is -2.12. The second-order valence-corrected chi connectivity index (χ2v) is 3.78. The summed E-state index contributed by atoms with van der Waals surface area (Å²) in [5.74, 6) is 1.20. The van der Waals surface area contributed by atoms with Gasteiger partial charge in [-0.25, -0.2) is 0 Å². The third-order valence-electron chi connectivity index (χ3n) is 2.76. The van der Waals surface area contributed by atoms with E-state index in [1.807, 2.05) is 30.3 Å². The van der Waals surface area contributed by atoms with Crippen molar-refractivity contribution in [3.05, 3.63) is 48.0 Å². The third kappa shape index (κ3) is 2.20. The summed E-state index contributed by atoms with van der Waals surface area (Å²) in [6.45, 7) is 0. The average molecular weight is 242 g/mol. The normalized spacial score (nSPS) is 9.89. The molecule has 2 aromatic rings. The molecule has 3 nitrogen and oxygen atoms in total. The largest absolute Gasteiger partial charge is 0.496 e. The summed E-state index contributed by atoms with van der Waals surface area (Å²) in [6.07, 6.45) is 0.782. The standard InChI is InChI=1S/C15H14O3/c1-17-14-9-15(18-2)13(8-12(14)10-16)11-6-4-3-5-7-11/h3-10H,1-2H3. The molecule has 0 N–H and O–H groups in total. The van der Waals surface area contributed by atoms with Gasteiger partial charge < -0.3 is 9.47 Å². The predicted octanol–water partition coefficient (Wildman–Crippen LogP) is 3.18. The van der Waals surface area contributed by atoms with Crippen LogP contribution < -0.4 is 9.47 Å². The summed E-state index contributed by atoms with van der Waals surface area (Å²) in [5, 5.41) is 0. The van der Waals surface area contributed by atoms with Gasteiger partial charge in [0.15, 0.2) is 6.29 Å². The first kappa shape index (κ1) is 12.2. The van der Waals surface area contributed by atoms with E-state index < -0.39 is 0 Å². The predicted molar refractivity (Wildman–Crippen MR) is 70.4 cm³/mol. The van der Waals surface area contributed by atoms with Gasteiger partial charge in [0, 0.05) is 11.6 Å². The molecular weight excluding hydrogens is 228 g/mol. The number of rotatable bonds is 4. The summed E-state index contributed by atoms with van der Waals surface area (Å²) in [4.78, 5) is 11.0. The molecule has 2 aromatic carbocycles. The fourth-order valence-electron chi connectivity index (χ4n) is 1.86. The number of ether oxygens (including phenoxy) is 2. The minimum absolute atomic E-state index is 0.511. The van der Waals surface area contributed by atoms with Gasteiger partial charge in [-0.05, 0) is 11.6 Å². The maximum atomic E-state index is 11.0. The first-order valence-electron chi connectivity index (χ1n) is 5.56. The Bertz CT molecular complexity index is 547. The maximum absolute atomic E-state index is 11.0. The van der Waals surface area contributed by atoms with E-state index in [0.29, 0.717) is 17.1 Å². The highest BCUT2D eigenvalue weighted by molar-refractivity contribution is 5.85. The lowest BCUT2D eigenvalue weighted by atomic mass is 10.0. The van der Waals surface area contributed by atoms with Gasteiger partial charge in [-0.2, -0.15) is 0 Å². The van der Waals surface area contributed by atoms with Gasteiger partial charge >= 0.3 is 0 Å². The molecule has 0 bridgehead atoms. The zero-order chi connectivity index (χ0) is 13.0. The Kier molecular flexibility index (Phi) is 3.63. The van der Waals surface area contributed by atoms with E-state index in [0.717, 1.165) is 17.4 Å². The van der Waals surface area contributed by atoms with Crippen molar-refractivity contribution in [2.24, 2.45) is 0 Å². The van der Waals surface area contributed by atoms with E-state index >= 15 is 0 Å². The molecule has 2 rings (SSSR count). The highest BCUT2D eigenvalue weighted by Gasteiger charge is 2.11. The van der Waals surface area contributed by atoms with Crippen LogP contribution in [0.3, 0.4) is 0 Å². The molecule has 0 atom stereocenters. The van der Waals surface area contributed by atoms with Crippen molar-refractivity contribution in [2.75, 3.05) is 14.2 Å². The van der Waals surface area contributed by atoms with Crippen molar-refractivity contribution in [2.45, 2.75) is 0 Å². The van der Waals surface area contributed by atoms with Gasteiger partial charge in [0.2, 0.25) is 0 Å². The smallest absolute Gasteiger partial charge is 0.153 e. The summed E-state index contributed by atoms with van der Waals surface area (Å²) in [7, 11) is 3.13. The van der Waals surface area contributed by atoms with Crippen molar-refractivity contribution in [3.63, 3.8) is 0 Å². The van der Waals surface area contributed by atoms with Crippen LogP contribution in [0.4, 0.5) is 0 Å². The lowest BCUT2D eigenvalue weighted by molar-refractivity contribution is 0.112. The second kappa shape index (κ2) is 5.36. The van der Waals surface area contributed by atoms with Crippen molar-refractivity contribution in [3.8, 4) is 22.6 Å². The van der Waals surface area contributed by atoms with E-state index in [1.165, 1.54) is 7.11 Å². The number of carbonyl (C=O) groups excluding carboxylic acids is 1. The lowest BCUT2D eigenvalue weighted by Crippen LogP contribution is -1.95. The molecular formula is C15H14O3. The van der Waals surface area contributed by atoms with Gasteiger partial charge in [0.1, 0.15) is 11.5 Å². The van der Waals surface area contributed by atoms with E-state index in [4.69, 9.17) is 9.47 Å². The number of benzene rings is 2. The van der Waals surface area contributed by atoms with Gasteiger partial charge in [0.05, 0.1) is 19.8 Å². The Morgan fingerprint density at radius 2 is 1.61 bits per heavy atom. The van der Waals surface area contributed by atoms with E-state index in [1.54, 1.807) is 19.2 Å². The van der Waals surface area contributed by atoms with Crippen molar-refractivity contribution >= 4 is 6.29 Å². The average Bonchev–Trinajstić information content (AvgIpc) is 2.46. The molecule has 0 aliphatic rings. The topological polar surface area (TPSA) is 35.5 Å². The van der Waals surface area contributed by atoms with E-state index in [2.05, 4.69) is 0 Å². The maximum Gasteiger partial charge on any atom is 0.153 e. The Morgan fingerprint density at radius 1 is 0.944 bits per heavy atom. The van der Waals surface area contributed by atoms with Crippen LogP contribution in [-0.4, -0.2) is 20.5 Å². The Hall–Kier alpha value is -2.29. The van der Waals surface area contributed by atoms with Gasteiger partial charge in [-0.1, -0.05) is 30.3 Å². The van der Waals surface area contributed by atoms with Gasteiger partial charge in [-0.3, -0.25) is 4.79 Å². The summed E-state index contributed by atoms with van der Waals surface area (Å²) < 4.78 is 10.5. The molecule has 0 heterocycles. The van der Waals surface area contributed by atoms with Crippen LogP contribution in [0.15, 0.2) is 42.5 Å². The zero-order valence-corrected chi connectivity index (χ0v) is 10.3. The van der Waals surface area contributed by atoms with Crippen molar-refractivity contribution in [1.82, 2.24) is 0 Å². The molecule has 0 saturated carbocycles. The monoisotopic (exact) mass is 242 g/mol. The molecule has 0 radical (unpaired) electrons. The number of hydrogen-bond acceptors (Lipinski definition) is 3. The van der Waals surface area contributed by atoms with Crippen LogP contribution in [-0.2, 0) is 0 Å². The molecule has 18 heavy (non-hydrogen) atoms. The number of methoxy groups -OCH3 is 2. The molecule has 92 valence electrons. The summed E-state index contributed by atoms with van der Waals surface area (Å²) >= 11 is 0. The van der Waals surface area contributed by atoms with Gasteiger partial charge in [-0.15, -0.1) is 0 Å². The molecule has 0 aliphatic heterocycles. The Morgan fingerprint density at radius 3 is 2.17 bits per heavy atom. The van der Waals surface area contributed by atoms with Crippen LogP contribution in [0, 0.1) is 0 Å². The summed E-state index contributed by atoms with van der Waals surface area (Å²) in [6, 6.07) is 13.3. The molecule has 0 spiro atoms. The Balaban J connectivity index is 2.63. The molecule has 0 aliphatic carbocycles. The molecule has 0 unspecified atom stereocenters. The van der Waals surface area contributed by atoms with Crippen LogP contribution in [0.25, 0.3) is 11.1 Å².